The molecule has 1 aromatic rings. The van der Waals surface area contributed by atoms with Crippen LogP contribution in [0, 0.1) is 11.3 Å². The quantitative estimate of drug-likeness (QED) is 0.554. The minimum Gasteiger partial charge on any atom is -0.399 e. The van der Waals surface area contributed by atoms with E-state index in [1.165, 1.54) is 0 Å². The van der Waals surface area contributed by atoms with Crippen molar-refractivity contribution in [3.05, 3.63) is 29.3 Å². The predicted molar refractivity (Wildman–Crippen MR) is 50.0 cm³/mol. The van der Waals surface area contributed by atoms with Gasteiger partial charge < -0.3 is 10.5 Å². The number of benzene rings is 1. The van der Waals surface area contributed by atoms with Gasteiger partial charge in [0.2, 0.25) is 0 Å². The van der Waals surface area contributed by atoms with Gasteiger partial charge in [-0.1, -0.05) is 0 Å². The van der Waals surface area contributed by atoms with Crippen LogP contribution in [0.5, 0.6) is 0 Å². The molecule has 0 bridgehead atoms. The van der Waals surface area contributed by atoms with E-state index < -0.39 is 0 Å². The Hall–Kier alpha value is -1.82. The van der Waals surface area contributed by atoms with Crippen molar-refractivity contribution in [3.63, 3.8) is 0 Å². The Labute approximate surface area is 76.8 Å². The fraction of sp³-hybridized carbons (Fsp3) is 0.200. The molecule has 0 amide bonds. The van der Waals surface area contributed by atoms with E-state index in [2.05, 4.69) is 0 Å². The molecule has 1 aromatic carbocycles. The molecule has 3 heteroatoms. The van der Waals surface area contributed by atoms with Gasteiger partial charge in [-0.3, -0.25) is 0 Å². The first kappa shape index (κ1) is 9.27. The molecular weight excluding hydrogens is 164 g/mol. The molecule has 1 rings (SSSR count). The fourth-order valence-corrected chi connectivity index (χ4v) is 1.11. The monoisotopic (exact) mass is 174 g/mol. The molecule has 0 heterocycles. The van der Waals surface area contributed by atoms with Crippen LogP contribution in [0.4, 0.5) is 5.69 Å². The molecule has 0 spiro atoms. The van der Waals surface area contributed by atoms with Crippen molar-refractivity contribution >= 4 is 12.0 Å². The number of anilines is 1. The van der Waals surface area contributed by atoms with E-state index in [9.17, 15) is 4.79 Å². The van der Waals surface area contributed by atoms with Gasteiger partial charge in [0.05, 0.1) is 11.6 Å². The van der Waals surface area contributed by atoms with Crippen LogP contribution in [-0.4, -0.2) is 6.29 Å². The van der Waals surface area contributed by atoms with Gasteiger partial charge >= 0.3 is 0 Å². The molecule has 13 heavy (non-hydrogen) atoms. The van der Waals surface area contributed by atoms with Crippen molar-refractivity contribution in [3.8, 4) is 6.07 Å². The average molecular weight is 174 g/mol. The number of aryl methyl sites for hydroxylation is 1. The number of nitriles is 1. The summed E-state index contributed by atoms with van der Waals surface area (Å²) in [6.45, 7) is 0. The van der Waals surface area contributed by atoms with Gasteiger partial charge in [0.1, 0.15) is 6.29 Å². The summed E-state index contributed by atoms with van der Waals surface area (Å²) < 4.78 is 0. The maximum Gasteiger partial charge on any atom is 0.120 e. The van der Waals surface area contributed by atoms with Crippen LogP contribution in [0.1, 0.15) is 17.5 Å². The Morgan fingerprint density at radius 1 is 1.54 bits per heavy atom. The van der Waals surface area contributed by atoms with Gasteiger partial charge in [-0.2, -0.15) is 5.26 Å². The number of rotatable bonds is 3. The first-order chi connectivity index (χ1) is 6.27. The smallest absolute Gasteiger partial charge is 0.120 e. The number of carbonyl (C=O) groups excluding carboxylic acids is 1. The van der Waals surface area contributed by atoms with E-state index in [1.54, 1.807) is 18.2 Å². The van der Waals surface area contributed by atoms with Crippen molar-refractivity contribution in [2.75, 3.05) is 5.73 Å². The first-order valence-electron chi connectivity index (χ1n) is 4.00. The summed E-state index contributed by atoms with van der Waals surface area (Å²) in [5, 5.41) is 8.62. The first-order valence-corrected chi connectivity index (χ1v) is 4.00. The Bertz CT molecular complexity index is 352. The maximum absolute atomic E-state index is 10.1. The number of hydrogen-bond acceptors (Lipinski definition) is 3. The lowest BCUT2D eigenvalue weighted by atomic mass is 10.1. The van der Waals surface area contributed by atoms with E-state index in [1.807, 2.05) is 6.07 Å². The number of nitrogens with zero attached hydrogens (tertiary/aromatic N) is 1. The largest absolute Gasteiger partial charge is 0.399 e. The molecule has 0 saturated carbocycles. The highest BCUT2D eigenvalue weighted by molar-refractivity contribution is 5.55. The van der Waals surface area contributed by atoms with E-state index in [-0.39, 0.29) is 0 Å². The standard InChI is InChI=1S/C10H10N2O/c11-7-8-3-4-10(12)9(6-8)2-1-5-13/h3-6H,1-2,12H2. The van der Waals surface area contributed by atoms with Gasteiger partial charge in [0.15, 0.2) is 0 Å². The van der Waals surface area contributed by atoms with Gasteiger partial charge in [-0.15, -0.1) is 0 Å². The second-order valence-electron chi connectivity index (χ2n) is 2.73. The number of nitrogen functional groups attached to an aromatic ring is 1. The summed E-state index contributed by atoms with van der Waals surface area (Å²) in [5.41, 5.74) is 7.74. The zero-order valence-electron chi connectivity index (χ0n) is 7.16. The van der Waals surface area contributed by atoms with Crippen molar-refractivity contribution in [1.29, 1.82) is 5.26 Å². The summed E-state index contributed by atoms with van der Waals surface area (Å²) in [7, 11) is 0. The Kier molecular flexibility index (Phi) is 3.04. The highest BCUT2D eigenvalue weighted by atomic mass is 16.1. The highest BCUT2D eigenvalue weighted by Gasteiger charge is 2.00. The third kappa shape index (κ3) is 2.31. The van der Waals surface area contributed by atoms with Crippen LogP contribution in [0.3, 0.4) is 0 Å². The number of aldehydes is 1. The molecule has 0 aliphatic heterocycles. The summed E-state index contributed by atoms with van der Waals surface area (Å²) in [6.07, 6.45) is 1.89. The van der Waals surface area contributed by atoms with Crippen molar-refractivity contribution in [1.82, 2.24) is 0 Å². The zero-order valence-corrected chi connectivity index (χ0v) is 7.16. The van der Waals surface area contributed by atoms with Crippen LogP contribution in [-0.2, 0) is 11.2 Å². The minimum absolute atomic E-state index is 0.444. The van der Waals surface area contributed by atoms with Gasteiger partial charge in [0, 0.05) is 12.1 Å². The summed E-state index contributed by atoms with van der Waals surface area (Å²) in [6, 6.07) is 7.11. The number of hydrogen-bond donors (Lipinski definition) is 1. The van der Waals surface area contributed by atoms with Crippen molar-refractivity contribution < 1.29 is 4.79 Å². The van der Waals surface area contributed by atoms with Crippen LogP contribution in [0.15, 0.2) is 18.2 Å². The number of nitrogens with two attached hydrogens (primary N) is 1. The summed E-state index contributed by atoms with van der Waals surface area (Å²) in [4.78, 5) is 10.1. The van der Waals surface area contributed by atoms with Crippen LogP contribution in [0.25, 0.3) is 0 Å². The van der Waals surface area contributed by atoms with Gasteiger partial charge in [0.25, 0.3) is 0 Å². The van der Waals surface area contributed by atoms with E-state index in [0.717, 1.165) is 11.8 Å². The molecule has 0 radical (unpaired) electrons. The molecule has 0 fully saturated rings. The SMILES string of the molecule is N#Cc1ccc(N)c(CCC=O)c1. The van der Waals surface area contributed by atoms with Crippen molar-refractivity contribution in [2.24, 2.45) is 0 Å². The van der Waals surface area contributed by atoms with Crippen LogP contribution >= 0.6 is 0 Å². The number of carbonyl (C=O) groups is 1. The maximum atomic E-state index is 10.1. The molecular formula is C10H10N2O. The molecule has 0 aromatic heterocycles. The summed E-state index contributed by atoms with van der Waals surface area (Å²) in [5.74, 6) is 0. The molecule has 0 unspecified atom stereocenters. The third-order valence-corrected chi connectivity index (χ3v) is 1.80. The second-order valence-corrected chi connectivity index (χ2v) is 2.73. The van der Waals surface area contributed by atoms with E-state index in [0.29, 0.717) is 24.1 Å². The zero-order chi connectivity index (χ0) is 9.68. The fourth-order valence-electron chi connectivity index (χ4n) is 1.11. The Morgan fingerprint density at radius 2 is 2.31 bits per heavy atom. The molecule has 0 atom stereocenters. The third-order valence-electron chi connectivity index (χ3n) is 1.80. The predicted octanol–water partition coefficient (Wildman–Crippen LogP) is 1.27. The van der Waals surface area contributed by atoms with Gasteiger partial charge in [-0.25, -0.2) is 0 Å². The average Bonchev–Trinajstić information content (AvgIpc) is 2.17. The molecule has 0 saturated heterocycles. The minimum atomic E-state index is 0.444. The van der Waals surface area contributed by atoms with Crippen molar-refractivity contribution in [2.45, 2.75) is 12.8 Å². The Balaban J connectivity index is 2.91. The Morgan fingerprint density at radius 3 is 2.92 bits per heavy atom. The summed E-state index contributed by atoms with van der Waals surface area (Å²) >= 11 is 0. The highest BCUT2D eigenvalue weighted by Crippen LogP contribution is 2.14. The molecule has 2 N–H and O–H groups in total. The normalized spacial score (nSPS) is 9.15. The molecule has 66 valence electrons. The lowest BCUT2D eigenvalue weighted by Gasteiger charge is -2.02. The molecule has 0 aliphatic rings. The lowest BCUT2D eigenvalue weighted by molar-refractivity contribution is -0.107. The molecule has 3 nitrogen and oxygen atoms in total. The molecule has 0 aliphatic carbocycles. The lowest BCUT2D eigenvalue weighted by Crippen LogP contribution is -1.95. The van der Waals surface area contributed by atoms with Crippen LogP contribution < -0.4 is 5.73 Å². The van der Waals surface area contributed by atoms with Gasteiger partial charge in [-0.05, 0) is 30.2 Å². The topological polar surface area (TPSA) is 66.9 Å². The second kappa shape index (κ2) is 4.27. The van der Waals surface area contributed by atoms with E-state index in [4.69, 9.17) is 11.0 Å². The van der Waals surface area contributed by atoms with E-state index >= 15 is 0 Å². The van der Waals surface area contributed by atoms with Crippen LogP contribution in [0.2, 0.25) is 0 Å².